The molecule has 0 heterocycles. The van der Waals surface area contributed by atoms with Gasteiger partial charge in [-0.3, -0.25) is 4.90 Å². The lowest BCUT2D eigenvalue weighted by molar-refractivity contribution is -0.138. The summed E-state index contributed by atoms with van der Waals surface area (Å²) in [5, 5.41) is 0. The topological polar surface area (TPSA) is 29.5 Å². The Morgan fingerprint density at radius 2 is 2.13 bits per heavy atom. The Hall–Kier alpha value is -0.830. The highest BCUT2D eigenvalue weighted by molar-refractivity contribution is 5.88. The van der Waals surface area contributed by atoms with E-state index >= 15 is 0 Å². The van der Waals surface area contributed by atoms with E-state index < -0.39 is 0 Å². The third kappa shape index (κ3) is 4.04. The van der Waals surface area contributed by atoms with Crippen LogP contribution in [0.3, 0.4) is 0 Å². The van der Waals surface area contributed by atoms with Crippen LogP contribution in [0.1, 0.15) is 33.1 Å². The molecule has 0 N–H and O–H groups in total. The molecule has 0 saturated heterocycles. The minimum absolute atomic E-state index is 0.251. The first-order valence-corrected chi connectivity index (χ1v) is 5.78. The minimum Gasteiger partial charge on any atom is -0.463 e. The highest BCUT2D eigenvalue weighted by Gasteiger charge is 2.29. The molecule has 0 aromatic carbocycles. The van der Waals surface area contributed by atoms with E-state index in [2.05, 4.69) is 18.4 Å². The Balaban J connectivity index is 2.36. The Bertz CT molecular complexity index is 234. The molecule has 3 nitrogen and oxygen atoms in total. The van der Waals surface area contributed by atoms with Gasteiger partial charge in [0.25, 0.3) is 0 Å². The number of rotatable bonds is 7. The Kier molecular flexibility index (Phi) is 4.82. The first-order valence-electron chi connectivity index (χ1n) is 5.78. The van der Waals surface area contributed by atoms with E-state index in [4.69, 9.17) is 4.74 Å². The number of carbonyl (C=O) groups excluding carboxylic acids is 1. The Morgan fingerprint density at radius 3 is 2.60 bits per heavy atom. The SMILES string of the molecule is C=C(CN(CCC)C1CC1)C(=O)OCC. The molecule has 0 aliphatic heterocycles. The molecule has 1 fully saturated rings. The van der Waals surface area contributed by atoms with E-state index in [1.54, 1.807) is 0 Å². The molecular weight excluding hydrogens is 190 g/mol. The van der Waals surface area contributed by atoms with Crippen LogP contribution in [0.5, 0.6) is 0 Å². The Morgan fingerprint density at radius 1 is 1.47 bits per heavy atom. The fourth-order valence-corrected chi connectivity index (χ4v) is 1.66. The van der Waals surface area contributed by atoms with Gasteiger partial charge < -0.3 is 4.74 Å². The molecule has 3 heteroatoms. The van der Waals surface area contributed by atoms with Crippen molar-refractivity contribution in [3.05, 3.63) is 12.2 Å². The van der Waals surface area contributed by atoms with Gasteiger partial charge in [-0.25, -0.2) is 4.79 Å². The van der Waals surface area contributed by atoms with Crippen LogP contribution in [0.4, 0.5) is 0 Å². The third-order valence-electron chi connectivity index (χ3n) is 2.53. The fraction of sp³-hybridized carbons (Fsp3) is 0.750. The van der Waals surface area contributed by atoms with Crippen LogP contribution in [0.15, 0.2) is 12.2 Å². The van der Waals surface area contributed by atoms with Gasteiger partial charge in [-0.15, -0.1) is 0 Å². The van der Waals surface area contributed by atoms with Gasteiger partial charge in [-0.2, -0.15) is 0 Å². The average Bonchev–Trinajstić information content (AvgIpc) is 3.00. The molecule has 0 amide bonds. The van der Waals surface area contributed by atoms with Crippen LogP contribution in [-0.4, -0.2) is 36.6 Å². The van der Waals surface area contributed by atoms with Crippen molar-refractivity contribution in [3.63, 3.8) is 0 Å². The molecule has 1 aliphatic carbocycles. The summed E-state index contributed by atoms with van der Waals surface area (Å²) in [5.74, 6) is -0.251. The van der Waals surface area contributed by atoms with E-state index in [1.807, 2.05) is 6.92 Å². The van der Waals surface area contributed by atoms with Gasteiger partial charge in [0, 0.05) is 18.2 Å². The van der Waals surface area contributed by atoms with Crippen molar-refractivity contribution in [1.29, 1.82) is 0 Å². The van der Waals surface area contributed by atoms with E-state index in [0.717, 1.165) is 13.0 Å². The number of nitrogens with zero attached hydrogens (tertiary/aromatic N) is 1. The second kappa shape index (κ2) is 5.91. The minimum atomic E-state index is -0.251. The number of hydrogen-bond donors (Lipinski definition) is 0. The van der Waals surface area contributed by atoms with Crippen LogP contribution >= 0.6 is 0 Å². The molecule has 1 aliphatic rings. The van der Waals surface area contributed by atoms with Crippen molar-refractivity contribution in [2.24, 2.45) is 0 Å². The molecule has 0 spiro atoms. The van der Waals surface area contributed by atoms with Gasteiger partial charge >= 0.3 is 5.97 Å². The quantitative estimate of drug-likeness (QED) is 0.476. The van der Waals surface area contributed by atoms with Crippen LogP contribution in [0.2, 0.25) is 0 Å². The molecule has 1 rings (SSSR count). The maximum Gasteiger partial charge on any atom is 0.334 e. The van der Waals surface area contributed by atoms with Crippen molar-refractivity contribution in [3.8, 4) is 0 Å². The Labute approximate surface area is 92.1 Å². The number of hydrogen-bond acceptors (Lipinski definition) is 3. The molecule has 0 aromatic heterocycles. The summed E-state index contributed by atoms with van der Waals surface area (Å²) in [6, 6.07) is 0.677. The summed E-state index contributed by atoms with van der Waals surface area (Å²) in [4.78, 5) is 13.7. The molecule has 0 radical (unpaired) electrons. The van der Waals surface area contributed by atoms with Crippen LogP contribution in [-0.2, 0) is 9.53 Å². The second-order valence-corrected chi connectivity index (χ2v) is 4.03. The van der Waals surface area contributed by atoms with Crippen LogP contribution < -0.4 is 0 Å². The van der Waals surface area contributed by atoms with Gasteiger partial charge in [-0.1, -0.05) is 13.5 Å². The van der Waals surface area contributed by atoms with Crippen molar-refractivity contribution in [2.45, 2.75) is 39.2 Å². The predicted molar refractivity (Wildman–Crippen MR) is 60.7 cm³/mol. The van der Waals surface area contributed by atoms with Crippen molar-refractivity contribution >= 4 is 5.97 Å². The van der Waals surface area contributed by atoms with E-state index in [-0.39, 0.29) is 5.97 Å². The summed E-state index contributed by atoms with van der Waals surface area (Å²) in [5.41, 5.74) is 0.581. The maximum absolute atomic E-state index is 11.4. The lowest BCUT2D eigenvalue weighted by Gasteiger charge is -2.21. The summed E-state index contributed by atoms with van der Waals surface area (Å²) < 4.78 is 4.92. The first-order chi connectivity index (χ1) is 7.19. The predicted octanol–water partition coefficient (Wildman–Crippen LogP) is 1.98. The largest absolute Gasteiger partial charge is 0.463 e. The van der Waals surface area contributed by atoms with Crippen LogP contribution in [0.25, 0.3) is 0 Å². The van der Waals surface area contributed by atoms with Gasteiger partial charge in [-0.05, 0) is 32.7 Å². The maximum atomic E-state index is 11.4. The molecule has 0 unspecified atom stereocenters. The summed E-state index contributed by atoms with van der Waals surface area (Å²) in [6.45, 7) is 9.89. The second-order valence-electron chi connectivity index (χ2n) is 4.03. The molecule has 86 valence electrons. The smallest absolute Gasteiger partial charge is 0.334 e. The zero-order chi connectivity index (χ0) is 11.3. The summed E-state index contributed by atoms with van der Waals surface area (Å²) >= 11 is 0. The molecule has 0 atom stereocenters. The van der Waals surface area contributed by atoms with Gasteiger partial charge in [0.1, 0.15) is 0 Å². The monoisotopic (exact) mass is 211 g/mol. The van der Waals surface area contributed by atoms with Crippen LogP contribution in [0, 0.1) is 0 Å². The zero-order valence-electron chi connectivity index (χ0n) is 9.79. The molecular formula is C12H21NO2. The highest BCUT2D eigenvalue weighted by atomic mass is 16.5. The van der Waals surface area contributed by atoms with Gasteiger partial charge in [0.05, 0.1) is 6.61 Å². The van der Waals surface area contributed by atoms with E-state index in [1.165, 1.54) is 12.8 Å². The summed E-state index contributed by atoms with van der Waals surface area (Å²) in [7, 11) is 0. The number of carbonyl (C=O) groups is 1. The average molecular weight is 211 g/mol. The summed E-state index contributed by atoms with van der Waals surface area (Å²) in [6.07, 6.45) is 3.64. The fourth-order valence-electron chi connectivity index (χ4n) is 1.66. The van der Waals surface area contributed by atoms with Crippen molar-refractivity contribution in [2.75, 3.05) is 19.7 Å². The lowest BCUT2D eigenvalue weighted by Crippen LogP contribution is -2.31. The van der Waals surface area contributed by atoms with E-state index in [9.17, 15) is 4.79 Å². The number of esters is 1. The van der Waals surface area contributed by atoms with Crippen molar-refractivity contribution in [1.82, 2.24) is 4.90 Å². The van der Waals surface area contributed by atoms with E-state index in [0.29, 0.717) is 24.8 Å². The number of ether oxygens (including phenoxy) is 1. The zero-order valence-corrected chi connectivity index (χ0v) is 9.79. The van der Waals surface area contributed by atoms with Gasteiger partial charge in [0.2, 0.25) is 0 Å². The normalized spacial score (nSPS) is 15.4. The molecule has 0 aromatic rings. The van der Waals surface area contributed by atoms with Gasteiger partial charge in [0.15, 0.2) is 0 Å². The molecule has 0 bridgehead atoms. The first kappa shape index (κ1) is 12.2. The molecule has 1 saturated carbocycles. The third-order valence-corrected chi connectivity index (χ3v) is 2.53. The molecule has 15 heavy (non-hydrogen) atoms. The van der Waals surface area contributed by atoms with Crippen molar-refractivity contribution < 1.29 is 9.53 Å². The standard InChI is InChI=1S/C12H21NO2/c1-4-8-13(11-6-7-11)9-10(3)12(14)15-5-2/h11H,3-9H2,1-2H3. The lowest BCUT2D eigenvalue weighted by atomic mass is 10.2. The highest BCUT2D eigenvalue weighted by Crippen LogP contribution is 2.27.